The second-order valence-electron chi connectivity index (χ2n) is 7.06. The molecule has 1 aromatic heterocycles. The van der Waals surface area contributed by atoms with Crippen LogP contribution in [0, 0.1) is 6.92 Å². The van der Waals surface area contributed by atoms with Crippen molar-refractivity contribution in [3.05, 3.63) is 69.9 Å². The zero-order valence-electron chi connectivity index (χ0n) is 18.5. The van der Waals surface area contributed by atoms with Gasteiger partial charge in [0.05, 0.1) is 39.8 Å². The van der Waals surface area contributed by atoms with E-state index in [1.54, 1.807) is 38.9 Å². The first-order valence-corrected chi connectivity index (χ1v) is 10.6. The highest BCUT2D eigenvalue weighted by Gasteiger charge is 2.13. The second kappa shape index (κ2) is 10.1. The third kappa shape index (κ3) is 5.24. The third-order valence-corrected chi connectivity index (χ3v) is 5.38. The van der Waals surface area contributed by atoms with Crippen molar-refractivity contribution < 1.29 is 14.2 Å². The summed E-state index contributed by atoms with van der Waals surface area (Å²) in [7, 11) is 4.77. The number of ether oxygens (including phenoxy) is 3. The van der Waals surface area contributed by atoms with Crippen LogP contribution in [0.25, 0.3) is 11.3 Å². The van der Waals surface area contributed by atoms with Crippen molar-refractivity contribution in [1.82, 2.24) is 4.68 Å². The van der Waals surface area contributed by atoms with Gasteiger partial charge in [0.1, 0.15) is 0 Å². The smallest absolute Gasteiger partial charge is 0.206 e. The van der Waals surface area contributed by atoms with E-state index in [2.05, 4.69) is 48.1 Å². The molecular weight excluding hydrogens is 410 g/mol. The summed E-state index contributed by atoms with van der Waals surface area (Å²) < 4.78 is 18.2. The van der Waals surface area contributed by atoms with E-state index in [-0.39, 0.29) is 0 Å². The fraction of sp³-hybridized carbons (Fsp3) is 0.250. The van der Waals surface area contributed by atoms with Gasteiger partial charge in [-0.25, -0.2) is 4.68 Å². The molecule has 0 fully saturated rings. The molecule has 2 aromatic carbocycles. The van der Waals surface area contributed by atoms with Crippen molar-refractivity contribution >= 4 is 17.6 Å². The van der Waals surface area contributed by atoms with Crippen molar-refractivity contribution in [2.75, 3.05) is 27.9 Å². The van der Waals surface area contributed by atoms with Gasteiger partial charge < -0.3 is 14.2 Å². The summed E-state index contributed by atoms with van der Waals surface area (Å²) in [6, 6.07) is 12.1. The molecule has 0 saturated carbocycles. The maximum Gasteiger partial charge on any atom is 0.206 e. The van der Waals surface area contributed by atoms with E-state index in [9.17, 15) is 0 Å². The Labute approximate surface area is 186 Å². The summed E-state index contributed by atoms with van der Waals surface area (Å²) in [5.41, 5.74) is 5.05. The molecule has 0 unspecified atom stereocenters. The van der Waals surface area contributed by atoms with Crippen LogP contribution < -0.4 is 19.0 Å². The number of nitrogens with zero attached hydrogens (tertiary/aromatic N) is 3. The van der Waals surface area contributed by atoms with Crippen LogP contribution in [0.4, 0.5) is 0 Å². The molecular formula is C24H27N3O3S. The van der Waals surface area contributed by atoms with E-state index in [1.165, 1.54) is 5.56 Å². The SMILES string of the molecule is C=C(C)CN=c1scc(-c2ccc(C)cc2)n1N=Cc1cc(OC)c(OC)c(OC)c1. The summed E-state index contributed by atoms with van der Waals surface area (Å²) in [5, 5.41) is 6.81. The van der Waals surface area contributed by atoms with Crippen LogP contribution >= 0.6 is 11.3 Å². The van der Waals surface area contributed by atoms with Crippen molar-refractivity contribution in [3.8, 4) is 28.5 Å². The van der Waals surface area contributed by atoms with Crippen LogP contribution in [0.1, 0.15) is 18.1 Å². The number of rotatable bonds is 8. The molecule has 0 bridgehead atoms. The van der Waals surface area contributed by atoms with Crippen molar-refractivity contribution in [3.63, 3.8) is 0 Å². The fourth-order valence-corrected chi connectivity index (χ4v) is 3.78. The first-order chi connectivity index (χ1) is 15.0. The van der Waals surface area contributed by atoms with Crippen LogP contribution in [-0.4, -0.2) is 38.8 Å². The highest BCUT2D eigenvalue weighted by atomic mass is 32.1. The van der Waals surface area contributed by atoms with Crippen LogP contribution in [0.2, 0.25) is 0 Å². The average Bonchev–Trinajstić information content (AvgIpc) is 3.18. The monoisotopic (exact) mass is 437 g/mol. The number of hydrogen-bond acceptors (Lipinski definition) is 6. The van der Waals surface area contributed by atoms with Crippen LogP contribution in [0.5, 0.6) is 17.2 Å². The minimum absolute atomic E-state index is 0.544. The van der Waals surface area contributed by atoms with E-state index < -0.39 is 0 Å². The minimum Gasteiger partial charge on any atom is -0.493 e. The molecule has 6 nitrogen and oxygen atoms in total. The van der Waals surface area contributed by atoms with Crippen molar-refractivity contribution in [1.29, 1.82) is 0 Å². The lowest BCUT2D eigenvalue weighted by atomic mass is 10.1. The molecule has 0 amide bonds. The van der Waals surface area contributed by atoms with Gasteiger partial charge in [0, 0.05) is 16.5 Å². The van der Waals surface area contributed by atoms with Gasteiger partial charge in [-0.1, -0.05) is 42.0 Å². The first kappa shape index (κ1) is 22.4. The van der Waals surface area contributed by atoms with Gasteiger partial charge in [0.25, 0.3) is 0 Å². The zero-order chi connectivity index (χ0) is 22.4. The van der Waals surface area contributed by atoms with Crippen LogP contribution in [0.15, 0.2) is 64.0 Å². The largest absolute Gasteiger partial charge is 0.493 e. The molecule has 0 radical (unpaired) electrons. The quantitative estimate of drug-likeness (QED) is 0.372. The predicted molar refractivity (Wildman–Crippen MR) is 127 cm³/mol. The Balaban J connectivity index is 2.10. The molecule has 0 N–H and O–H groups in total. The van der Waals surface area contributed by atoms with Gasteiger partial charge in [-0.3, -0.25) is 4.99 Å². The minimum atomic E-state index is 0.544. The summed E-state index contributed by atoms with van der Waals surface area (Å²) in [6.45, 7) is 8.53. The topological polar surface area (TPSA) is 57.3 Å². The molecule has 3 rings (SSSR count). The lowest BCUT2D eigenvalue weighted by molar-refractivity contribution is 0.324. The van der Waals surface area contributed by atoms with Crippen LogP contribution in [-0.2, 0) is 0 Å². The number of benzene rings is 2. The summed E-state index contributed by atoms with van der Waals surface area (Å²) in [5.74, 6) is 1.69. The fourth-order valence-electron chi connectivity index (χ4n) is 2.94. The Morgan fingerprint density at radius 3 is 2.26 bits per heavy atom. The van der Waals surface area contributed by atoms with Gasteiger partial charge in [-0.2, -0.15) is 5.10 Å². The van der Waals surface area contributed by atoms with E-state index >= 15 is 0 Å². The molecule has 162 valence electrons. The molecule has 0 aliphatic rings. The lowest BCUT2D eigenvalue weighted by Gasteiger charge is -2.12. The Bertz CT molecular complexity index is 1130. The van der Waals surface area contributed by atoms with Crippen molar-refractivity contribution in [2.24, 2.45) is 10.1 Å². The molecule has 0 aliphatic carbocycles. The van der Waals surface area contributed by atoms with Gasteiger partial charge in [-0.05, 0) is 26.0 Å². The Morgan fingerprint density at radius 1 is 1.06 bits per heavy atom. The Kier molecular flexibility index (Phi) is 7.31. The first-order valence-electron chi connectivity index (χ1n) is 9.73. The molecule has 7 heteroatoms. The van der Waals surface area contributed by atoms with Crippen LogP contribution in [0.3, 0.4) is 0 Å². The molecule has 0 atom stereocenters. The number of methoxy groups -OCH3 is 3. The summed E-state index contributed by atoms with van der Waals surface area (Å²) >= 11 is 1.55. The average molecular weight is 438 g/mol. The highest BCUT2D eigenvalue weighted by molar-refractivity contribution is 7.07. The summed E-state index contributed by atoms with van der Waals surface area (Å²) in [4.78, 5) is 5.47. The molecule has 0 spiro atoms. The van der Waals surface area contributed by atoms with E-state index in [4.69, 9.17) is 19.3 Å². The van der Waals surface area contributed by atoms with Crippen molar-refractivity contribution in [2.45, 2.75) is 13.8 Å². The normalized spacial score (nSPS) is 11.7. The third-order valence-electron chi connectivity index (χ3n) is 4.53. The number of aromatic nitrogens is 1. The zero-order valence-corrected chi connectivity index (χ0v) is 19.3. The number of hydrogen-bond donors (Lipinski definition) is 0. The molecule has 0 aliphatic heterocycles. The van der Waals surface area contributed by atoms with Gasteiger partial charge in [-0.15, -0.1) is 11.3 Å². The molecule has 31 heavy (non-hydrogen) atoms. The molecule has 3 aromatic rings. The van der Waals surface area contributed by atoms with E-state index in [1.807, 2.05) is 23.7 Å². The van der Waals surface area contributed by atoms with E-state index in [0.717, 1.165) is 27.2 Å². The van der Waals surface area contributed by atoms with E-state index in [0.29, 0.717) is 23.8 Å². The molecule has 0 saturated heterocycles. The highest BCUT2D eigenvalue weighted by Crippen LogP contribution is 2.37. The number of aryl methyl sites for hydroxylation is 1. The standard InChI is InChI=1S/C24H27N3O3S/c1-16(2)13-25-24-27(20(15-31-24)19-9-7-17(3)8-10-19)26-14-18-11-21(28-4)23(30-6)22(12-18)29-5/h7-12,14-15H,1,13H2,2-6H3. The lowest BCUT2D eigenvalue weighted by Crippen LogP contribution is -2.13. The Morgan fingerprint density at radius 2 is 1.71 bits per heavy atom. The predicted octanol–water partition coefficient (Wildman–Crippen LogP) is 4.91. The van der Waals surface area contributed by atoms with Gasteiger partial charge in [0.2, 0.25) is 10.6 Å². The molecule has 1 heterocycles. The maximum atomic E-state index is 5.45. The maximum absolute atomic E-state index is 5.45. The van der Waals surface area contributed by atoms with Gasteiger partial charge >= 0.3 is 0 Å². The second-order valence-corrected chi connectivity index (χ2v) is 7.89. The summed E-state index contributed by atoms with van der Waals surface area (Å²) in [6.07, 6.45) is 1.76. The van der Waals surface area contributed by atoms with Gasteiger partial charge in [0.15, 0.2) is 11.5 Å². The Hall–Kier alpha value is -3.32. The number of thiazole rings is 1.